The minimum Gasteiger partial charge on any atom is -0.461 e. The van der Waals surface area contributed by atoms with E-state index in [1.54, 1.807) is 31.4 Å². The van der Waals surface area contributed by atoms with E-state index in [2.05, 4.69) is 40.7 Å². The maximum Gasteiger partial charge on any atom is 0.312 e. The number of azide groups is 1. The molecular weight excluding hydrogens is 1260 g/mol. The Morgan fingerprint density at radius 1 is 0.773 bits per heavy atom. The number of amides is 3. The number of nitrogens with one attached hydrogen (secondary N) is 2. The van der Waals surface area contributed by atoms with Crippen LogP contribution < -0.4 is 16.4 Å². The number of ether oxygens (including phenoxy) is 13. The molecule has 10 saturated heterocycles. The molecule has 3 amide bonds. The van der Waals surface area contributed by atoms with Gasteiger partial charge in [-0.15, -0.1) is 0 Å². The number of hydrogen-bond acceptors (Lipinski definition) is 21. The van der Waals surface area contributed by atoms with Crippen molar-refractivity contribution in [1.29, 1.82) is 0 Å². The van der Waals surface area contributed by atoms with E-state index in [0.717, 1.165) is 43.3 Å². The summed E-state index contributed by atoms with van der Waals surface area (Å²) < 4.78 is 82.9. The van der Waals surface area contributed by atoms with Crippen LogP contribution in [0.25, 0.3) is 10.4 Å². The van der Waals surface area contributed by atoms with Crippen LogP contribution in [-0.4, -0.2) is 210 Å². The van der Waals surface area contributed by atoms with E-state index < -0.39 is 78.2 Å². The second-order valence-electron chi connectivity index (χ2n) is 28.5. The highest BCUT2D eigenvalue weighted by molar-refractivity contribution is 5.93. The fourth-order valence-corrected chi connectivity index (χ4v) is 15.9. The van der Waals surface area contributed by atoms with Gasteiger partial charge in [-0.25, -0.2) is 4.79 Å². The largest absolute Gasteiger partial charge is 0.461 e. The molecule has 1 spiro atoms. The number of aliphatic hydroxyl groups is 1. The molecule has 10 fully saturated rings. The molecule has 21 atom stereocenters. The first kappa shape index (κ1) is 74.4. The molecule has 5 N–H and O–H groups in total. The Balaban J connectivity index is 0.706. The Hall–Kier alpha value is -5.29. The lowest BCUT2D eigenvalue weighted by Crippen LogP contribution is -2.61. The Kier molecular flexibility index (Phi) is 27.1. The molecule has 1 aromatic carbocycles. The van der Waals surface area contributed by atoms with Crippen molar-refractivity contribution < 1.29 is 95.5 Å². The third-order valence-electron chi connectivity index (χ3n) is 21.1. The van der Waals surface area contributed by atoms with Crippen LogP contribution in [-0.2, 0) is 98.6 Å². The van der Waals surface area contributed by atoms with Crippen molar-refractivity contribution in [3.63, 3.8) is 0 Å². The third kappa shape index (κ3) is 20.0. The van der Waals surface area contributed by atoms with Crippen LogP contribution in [0, 0.1) is 23.7 Å². The number of rotatable bonds is 32. The first-order valence-corrected chi connectivity index (χ1v) is 35.5. The average molecular weight is 1360 g/mol. The molecule has 26 nitrogen and oxygen atoms in total. The molecule has 11 rings (SSSR count). The standard InChI is InChI=1S/C71H104N6O20/c1-40(2)52(34-47(79)20-24-86-26-28-88-29-27-87-25-23-75-77-73)69(83)76-54(8-7-22-74-70(72)84)55(81)32-44-9-11-45(12-10-44)39-89-62(82)18-13-46(78)36-60-63(85-6)53-35-48(80)33-50-15-17-57-64(92-50)68-67-66(94-57)65-61(95-67)38-71(96-65,97-68)21-19-51-31-42(4)56(90-51)16-14-49-30-41(3)43(5)58(91-49)37-59(53)93-60/h9-12,40-41,46,49-54,56-61,63-68,78H,4-5,7-8,13-39H2,1-3,6H3,(H,76,83)(H3,72,74,84)/t41-,46-,49?,50-,51+,52+,53?,54+,56+,57+,58-,59+,60-,61?,63-,64+,65+,66+,67-,68+,71+/m1/s1. The summed E-state index contributed by atoms with van der Waals surface area (Å²) in [7, 11) is 1.60. The molecule has 10 aliphatic heterocycles. The molecule has 538 valence electrons. The van der Waals surface area contributed by atoms with Crippen molar-refractivity contribution in [2.75, 3.05) is 59.8 Å². The number of primary amides is 1. The zero-order chi connectivity index (χ0) is 68.8. The molecule has 97 heavy (non-hydrogen) atoms. The first-order chi connectivity index (χ1) is 46.7. The van der Waals surface area contributed by atoms with E-state index >= 15 is 0 Å². The van der Waals surface area contributed by atoms with Crippen LogP contribution in [0.2, 0.25) is 0 Å². The molecule has 10 aliphatic rings. The maximum absolute atomic E-state index is 14.6. The first-order valence-electron chi connectivity index (χ1n) is 35.5. The lowest BCUT2D eigenvalue weighted by Gasteiger charge is -2.47. The Bertz CT molecular complexity index is 2910. The fourth-order valence-electron chi connectivity index (χ4n) is 15.9. The van der Waals surface area contributed by atoms with Crippen LogP contribution in [0.1, 0.15) is 154 Å². The number of urea groups is 1. The van der Waals surface area contributed by atoms with Gasteiger partial charge in [-0.2, -0.15) is 0 Å². The molecule has 10 heterocycles. The number of fused-ring (bicyclic) bond motifs is 6. The highest BCUT2D eigenvalue weighted by Crippen LogP contribution is 2.55. The highest BCUT2D eigenvalue weighted by atomic mass is 16.8. The predicted molar refractivity (Wildman–Crippen MR) is 349 cm³/mol. The van der Waals surface area contributed by atoms with Gasteiger partial charge in [0.05, 0.1) is 113 Å². The lowest BCUT2D eigenvalue weighted by atomic mass is 9.81. The van der Waals surface area contributed by atoms with Crippen LogP contribution in [0.4, 0.5) is 4.79 Å². The van der Waals surface area contributed by atoms with Crippen LogP contribution >= 0.6 is 0 Å². The van der Waals surface area contributed by atoms with E-state index in [1.165, 1.54) is 0 Å². The fraction of sp³-hybridized carbons (Fsp3) is 0.775. The topological polar surface area (TPSA) is 341 Å². The van der Waals surface area contributed by atoms with Crippen LogP contribution in [0.5, 0.6) is 0 Å². The molecule has 12 bridgehead atoms. The van der Waals surface area contributed by atoms with E-state index in [4.69, 9.17) is 72.8 Å². The Morgan fingerprint density at radius 2 is 1.47 bits per heavy atom. The molecule has 0 saturated carbocycles. The number of aliphatic hydroxyl groups excluding tert-OH is 1. The predicted octanol–water partition coefficient (Wildman–Crippen LogP) is 7.03. The number of ketones is 3. The second kappa shape index (κ2) is 35.3. The summed E-state index contributed by atoms with van der Waals surface area (Å²) in [6.45, 7) is 16.9. The number of methoxy groups -OCH3 is 1. The second-order valence-corrected chi connectivity index (χ2v) is 28.5. The SMILES string of the molecule is C=C1C[C@@H]2CC[C@@]34CC5O[C@H]6[C@@H](O3)[C@H]3O[C@H](CC[C@@H]3O[C@H]6[C@H]5O4)CC(=O)CC3[C@H](C[C@H]4OC(CC[C@@H]1O2)C[C@@H](C)C4=C)O[C@H](C[C@H](O)CCC(=O)OCc1ccc(CC(=O)[C@H](CCCNC(N)=O)NC(=O)[C@@H](CC(=O)CCOCCOCCOCCN=[N+]=[N-])C(C)C)cc1)[C@@H]3OC. The monoisotopic (exact) mass is 1360 g/mol. The van der Waals surface area contributed by atoms with Gasteiger partial charge >= 0.3 is 12.0 Å². The average Bonchev–Trinajstić information content (AvgIpc) is 1.55. The van der Waals surface area contributed by atoms with E-state index in [9.17, 15) is 33.9 Å². The molecular formula is C71H104N6O20. The molecule has 3 unspecified atom stereocenters. The van der Waals surface area contributed by atoms with Crippen LogP contribution in [0.15, 0.2) is 53.7 Å². The van der Waals surface area contributed by atoms with Gasteiger partial charge in [0, 0.05) is 101 Å². The number of carbonyl (C=O) groups is 6. The summed E-state index contributed by atoms with van der Waals surface area (Å²) in [5.74, 6) is -3.39. The molecule has 0 aliphatic carbocycles. The van der Waals surface area contributed by atoms with E-state index in [0.29, 0.717) is 76.1 Å². The normalized spacial score (nSPS) is 33.9. The summed E-state index contributed by atoms with van der Waals surface area (Å²) in [5, 5.41) is 20.4. The summed E-state index contributed by atoms with van der Waals surface area (Å²) in [6, 6.07) is 5.35. The molecule has 26 heteroatoms. The summed E-state index contributed by atoms with van der Waals surface area (Å²) in [6.07, 6.45) is 2.41. The van der Waals surface area contributed by atoms with Crippen molar-refractivity contribution in [2.45, 2.75) is 265 Å². The van der Waals surface area contributed by atoms with Gasteiger partial charge in [0.25, 0.3) is 0 Å². The maximum atomic E-state index is 14.6. The van der Waals surface area contributed by atoms with Crippen molar-refractivity contribution in [1.82, 2.24) is 10.6 Å². The highest BCUT2D eigenvalue weighted by Gasteiger charge is 2.69. The minimum atomic E-state index is -0.978. The lowest BCUT2D eigenvalue weighted by molar-refractivity contribution is -0.292. The molecule has 0 aromatic heterocycles. The van der Waals surface area contributed by atoms with E-state index in [1.807, 2.05) is 13.8 Å². The van der Waals surface area contributed by atoms with Gasteiger partial charge in [0.15, 0.2) is 11.6 Å². The van der Waals surface area contributed by atoms with Crippen molar-refractivity contribution in [2.24, 2.45) is 34.5 Å². The summed E-state index contributed by atoms with van der Waals surface area (Å²) >= 11 is 0. The van der Waals surface area contributed by atoms with Gasteiger partial charge in [-0.05, 0) is 104 Å². The third-order valence-corrected chi connectivity index (χ3v) is 21.1. The number of carbonyl (C=O) groups excluding carboxylic acids is 6. The summed E-state index contributed by atoms with van der Waals surface area (Å²) in [4.78, 5) is 82.7. The van der Waals surface area contributed by atoms with Gasteiger partial charge in [0.1, 0.15) is 48.7 Å². The summed E-state index contributed by atoms with van der Waals surface area (Å²) in [5.41, 5.74) is 17.0. The molecule has 1 aromatic rings. The number of esters is 1. The van der Waals surface area contributed by atoms with Crippen LogP contribution in [0.3, 0.4) is 0 Å². The Morgan fingerprint density at radius 3 is 2.23 bits per heavy atom. The van der Waals surface area contributed by atoms with Crippen molar-refractivity contribution in [3.05, 3.63) is 70.1 Å². The van der Waals surface area contributed by atoms with Gasteiger partial charge < -0.3 is 83.1 Å². The van der Waals surface area contributed by atoms with E-state index in [-0.39, 0.29) is 181 Å². The number of hydrogen-bond donors (Lipinski definition) is 4. The van der Waals surface area contributed by atoms with Crippen molar-refractivity contribution in [3.8, 4) is 0 Å². The smallest absolute Gasteiger partial charge is 0.312 e. The zero-order valence-corrected chi connectivity index (χ0v) is 57.0. The minimum absolute atomic E-state index is 0.0135. The van der Waals surface area contributed by atoms with Gasteiger partial charge in [-0.1, -0.05) is 63.3 Å². The Labute approximate surface area is 569 Å². The number of Topliss-reactive ketones (excluding diaryl/α,β-unsaturated/α-hetero) is 3. The zero-order valence-electron chi connectivity index (χ0n) is 57.0. The van der Waals surface area contributed by atoms with Gasteiger partial charge in [0.2, 0.25) is 5.91 Å². The molecule has 0 radical (unpaired) electrons. The van der Waals surface area contributed by atoms with Gasteiger partial charge in [-0.3, -0.25) is 24.0 Å². The van der Waals surface area contributed by atoms with Crippen molar-refractivity contribution >= 4 is 35.3 Å². The number of nitrogens with two attached hydrogens (primary N) is 1. The number of benzene rings is 1. The quantitative estimate of drug-likeness (QED) is 0.0140. The number of nitrogens with zero attached hydrogens (tertiary/aromatic N) is 3.